The van der Waals surface area contributed by atoms with E-state index in [1.54, 1.807) is 55.5 Å². The van der Waals surface area contributed by atoms with Crippen LogP contribution in [0.2, 0.25) is 0 Å². The summed E-state index contributed by atoms with van der Waals surface area (Å²) in [6.07, 6.45) is 2.94. The number of rotatable bonds is 10. The normalized spacial score (nSPS) is 14.4. The molecule has 4 aromatic rings. The number of carbonyl (C=O) groups excluding carboxylic acids is 3. The van der Waals surface area contributed by atoms with Gasteiger partial charge in [-0.05, 0) is 87.9 Å². The topological polar surface area (TPSA) is 117 Å². The number of fused-ring (bicyclic) bond motifs is 1. The van der Waals surface area contributed by atoms with E-state index in [0.717, 1.165) is 35.3 Å². The molecular weight excluding hydrogens is 592 g/mol. The molecule has 246 valence electrons. The number of nitrogens with zero attached hydrogens (tertiary/aromatic N) is 3. The van der Waals surface area contributed by atoms with Crippen molar-refractivity contribution in [3.05, 3.63) is 106 Å². The molecule has 0 fully saturated rings. The number of esters is 2. The first-order valence-electron chi connectivity index (χ1n) is 16.4. The molecule has 9 nitrogen and oxygen atoms in total. The molecule has 2 heterocycles. The number of carbonyl (C=O) groups is 3. The number of ether oxygens (including phenoxy) is 2. The number of amides is 1. The fourth-order valence-electron chi connectivity index (χ4n) is 6.03. The molecule has 9 heteroatoms. The summed E-state index contributed by atoms with van der Waals surface area (Å²) in [5.74, 6) is -1.43. The van der Waals surface area contributed by atoms with E-state index < -0.39 is 17.5 Å². The third-order valence-electron chi connectivity index (χ3n) is 8.26. The second-order valence-corrected chi connectivity index (χ2v) is 12.8. The smallest absolute Gasteiger partial charge is 0.359 e. The Bertz CT molecular complexity index is 1760. The van der Waals surface area contributed by atoms with Gasteiger partial charge in [0.2, 0.25) is 0 Å². The fraction of sp³-hybridized carbons (Fsp3) is 0.368. The van der Waals surface area contributed by atoms with Crippen LogP contribution in [0.4, 0.5) is 0 Å². The average Bonchev–Trinajstić information content (AvgIpc) is 3.45. The van der Waals surface area contributed by atoms with Crippen molar-refractivity contribution < 1.29 is 23.9 Å². The molecule has 1 aromatic heterocycles. The predicted molar refractivity (Wildman–Crippen MR) is 182 cm³/mol. The fourth-order valence-corrected chi connectivity index (χ4v) is 6.03. The van der Waals surface area contributed by atoms with Gasteiger partial charge in [-0.25, -0.2) is 14.3 Å². The molecular formula is C38H44N4O5. The van der Waals surface area contributed by atoms with E-state index in [-0.39, 0.29) is 41.9 Å². The first-order chi connectivity index (χ1) is 22.6. The summed E-state index contributed by atoms with van der Waals surface area (Å²) in [5, 5.41) is 4.81. The number of unbranched alkanes of at least 4 members (excludes halogenated alkanes) is 1. The van der Waals surface area contributed by atoms with Crippen molar-refractivity contribution in [2.24, 2.45) is 5.73 Å². The van der Waals surface area contributed by atoms with Gasteiger partial charge in [0.25, 0.3) is 5.91 Å². The molecule has 1 aliphatic rings. The SMILES string of the molecule is CCCCc1c(-c2ccc(C(=O)OC(C)(C)C)cc2C(=O)N2Cc3ccccc3CC2CN)c(C(=O)OCC)nn1-c1ccccc1. The standard InChI is InChI=1S/C38H44N4O5/c1-6-8-18-32-33(34(37(45)46-7-2)40-42(32)28-16-10-9-11-17-28)30-20-19-26(36(44)47-38(3,4)5)22-31(30)35(43)41-24-27-15-13-12-14-25(27)21-29(41)23-39/h9-17,19-20,22,29H,6-8,18,21,23-24,39H2,1-5H3. The predicted octanol–water partition coefficient (Wildman–Crippen LogP) is 6.54. The minimum atomic E-state index is -0.734. The lowest BCUT2D eigenvalue weighted by atomic mass is 9.90. The van der Waals surface area contributed by atoms with E-state index in [9.17, 15) is 14.4 Å². The number of benzene rings is 3. The Morgan fingerprint density at radius 2 is 1.64 bits per heavy atom. The third-order valence-corrected chi connectivity index (χ3v) is 8.26. The summed E-state index contributed by atoms with van der Waals surface area (Å²) in [5.41, 5.74) is 10.9. The maximum Gasteiger partial charge on any atom is 0.359 e. The van der Waals surface area contributed by atoms with Crippen molar-refractivity contribution in [3.63, 3.8) is 0 Å². The number of aromatic nitrogens is 2. The van der Waals surface area contributed by atoms with Crippen LogP contribution in [0.1, 0.15) is 95.5 Å². The van der Waals surface area contributed by atoms with Crippen molar-refractivity contribution in [1.82, 2.24) is 14.7 Å². The molecule has 1 aliphatic heterocycles. The molecule has 0 radical (unpaired) electrons. The van der Waals surface area contributed by atoms with Gasteiger partial charge in [-0.1, -0.05) is 61.9 Å². The highest BCUT2D eigenvalue weighted by Gasteiger charge is 2.34. The van der Waals surface area contributed by atoms with Gasteiger partial charge in [-0.15, -0.1) is 0 Å². The molecule has 5 rings (SSSR count). The Hall–Kier alpha value is -4.76. The van der Waals surface area contributed by atoms with Crippen LogP contribution in [0.15, 0.2) is 72.8 Å². The van der Waals surface area contributed by atoms with Gasteiger partial charge in [0.05, 0.1) is 23.6 Å². The van der Waals surface area contributed by atoms with Gasteiger partial charge < -0.3 is 20.1 Å². The van der Waals surface area contributed by atoms with Gasteiger partial charge >= 0.3 is 11.9 Å². The lowest BCUT2D eigenvalue weighted by Crippen LogP contribution is -2.48. The monoisotopic (exact) mass is 636 g/mol. The second-order valence-electron chi connectivity index (χ2n) is 12.8. The first-order valence-corrected chi connectivity index (χ1v) is 16.4. The molecule has 0 aliphatic carbocycles. The lowest BCUT2D eigenvalue weighted by molar-refractivity contribution is 0.00692. The van der Waals surface area contributed by atoms with Crippen LogP contribution in [0.25, 0.3) is 16.8 Å². The second kappa shape index (κ2) is 14.3. The van der Waals surface area contributed by atoms with Gasteiger partial charge in [-0.2, -0.15) is 5.10 Å². The molecule has 3 aromatic carbocycles. The van der Waals surface area contributed by atoms with Crippen LogP contribution in [0, 0.1) is 0 Å². The molecule has 0 saturated carbocycles. The zero-order chi connectivity index (χ0) is 33.7. The van der Waals surface area contributed by atoms with Gasteiger partial charge in [0.15, 0.2) is 5.69 Å². The van der Waals surface area contributed by atoms with Crippen LogP contribution in [-0.4, -0.2) is 57.3 Å². The van der Waals surface area contributed by atoms with E-state index >= 15 is 0 Å². The molecule has 0 saturated heterocycles. The van der Waals surface area contributed by atoms with Crippen LogP contribution in [-0.2, 0) is 28.9 Å². The van der Waals surface area contributed by atoms with Gasteiger partial charge in [-0.3, -0.25) is 4.79 Å². The first kappa shape index (κ1) is 33.6. The van der Waals surface area contributed by atoms with Crippen LogP contribution in [0.3, 0.4) is 0 Å². The summed E-state index contributed by atoms with van der Waals surface area (Å²) >= 11 is 0. The third kappa shape index (κ3) is 7.30. The van der Waals surface area contributed by atoms with E-state index in [2.05, 4.69) is 13.0 Å². The Balaban J connectivity index is 1.76. The van der Waals surface area contributed by atoms with Gasteiger partial charge in [0, 0.05) is 30.3 Å². The Labute approximate surface area is 276 Å². The van der Waals surface area contributed by atoms with Crippen molar-refractivity contribution in [3.8, 4) is 16.8 Å². The molecule has 0 bridgehead atoms. The maximum absolute atomic E-state index is 14.8. The highest BCUT2D eigenvalue weighted by atomic mass is 16.6. The Morgan fingerprint density at radius 3 is 2.30 bits per heavy atom. The lowest BCUT2D eigenvalue weighted by Gasteiger charge is -2.37. The maximum atomic E-state index is 14.8. The zero-order valence-electron chi connectivity index (χ0n) is 27.9. The zero-order valence-corrected chi connectivity index (χ0v) is 27.9. The average molecular weight is 637 g/mol. The summed E-state index contributed by atoms with van der Waals surface area (Å²) in [4.78, 5) is 43.5. The molecule has 2 N–H and O–H groups in total. The van der Waals surface area contributed by atoms with Crippen molar-refractivity contribution in [2.75, 3.05) is 13.2 Å². The highest BCUT2D eigenvalue weighted by Crippen LogP contribution is 2.36. The van der Waals surface area contributed by atoms with E-state index in [0.29, 0.717) is 30.5 Å². The largest absolute Gasteiger partial charge is 0.461 e. The number of hydrogen-bond acceptors (Lipinski definition) is 7. The highest BCUT2D eigenvalue weighted by molar-refractivity contribution is 6.07. The molecule has 1 unspecified atom stereocenters. The minimum absolute atomic E-state index is 0.111. The molecule has 1 atom stereocenters. The summed E-state index contributed by atoms with van der Waals surface area (Å²) < 4.78 is 13.0. The number of nitrogens with two attached hydrogens (primary N) is 1. The molecule has 47 heavy (non-hydrogen) atoms. The van der Waals surface area contributed by atoms with Crippen molar-refractivity contribution in [2.45, 2.75) is 78.5 Å². The quantitative estimate of drug-likeness (QED) is 0.197. The van der Waals surface area contributed by atoms with Crippen molar-refractivity contribution in [1.29, 1.82) is 0 Å². The summed E-state index contributed by atoms with van der Waals surface area (Å²) in [6.45, 7) is 10.0. The molecule has 0 spiro atoms. The van der Waals surface area contributed by atoms with Crippen molar-refractivity contribution >= 4 is 17.8 Å². The van der Waals surface area contributed by atoms with E-state index in [4.69, 9.17) is 20.3 Å². The summed E-state index contributed by atoms with van der Waals surface area (Å²) in [7, 11) is 0. The number of hydrogen-bond donors (Lipinski definition) is 1. The molecule has 1 amide bonds. The summed E-state index contributed by atoms with van der Waals surface area (Å²) in [6, 6.07) is 22.3. The Morgan fingerprint density at radius 1 is 0.936 bits per heavy atom. The van der Waals surface area contributed by atoms with Crippen LogP contribution >= 0.6 is 0 Å². The van der Waals surface area contributed by atoms with E-state index in [1.807, 2.05) is 48.5 Å². The van der Waals surface area contributed by atoms with E-state index in [1.165, 1.54) is 0 Å². The minimum Gasteiger partial charge on any atom is -0.461 e. The Kier molecular flexibility index (Phi) is 10.3. The van der Waals surface area contributed by atoms with Crippen LogP contribution in [0.5, 0.6) is 0 Å². The van der Waals surface area contributed by atoms with Gasteiger partial charge in [0.1, 0.15) is 5.60 Å². The number of para-hydroxylation sites is 1. The van der Waals surface area contributed by atoms with Crippen LogP contribution < -0.4 is 5.73 Å².